The predicted octanol–water partition coefficient (Wildman–Crippen LogP) is 3.37. The molecule has 78 valence electrons. The molecule has 1 aromatic rings. The Bertz CT molecular complexity index is 277. The van der Waals surface area contributed by atoms with Crippen LogP contribution in [-0.2, 0) is 6.42 Å². The van der Waals surface area contributed by atoms with E-state index in [-0.39, 0.29) is 0 Å². The molecule has 0 unspecified atom stereocenters. The van der Waals surface area contributed by atoms with Crippen LogP contribution in [0, 0.1) is 5.41 Å². The summed E-state index contributed by atoms with van der Waals surface area (Å²) in [6, 6.07) is 8.52. The van der Waals surface area contributed by atoms with Gasteiger partial charge in [-0.05, 0) is 42.5 Å². The molecule has 1 rings (SSSR count). The van der Waals surface area contributed by atoms with Crippen molar-refractivity contribution in [2.24, 2.45) is 11.1 Å². The largest absolute Gasteiger partial charge is 0.330 e. The molecule has 2 heteroatoms. The van der Waals surface area contributed by atoms with Crippen LogP contribution in [0.4, 0.5) is 0 Å². The molecule has 0 aromatic heterocycles. The fraction of sp³-hybridized carbons (Fsp3) is 0.500. The molecule has 2 N–H and O–H groups in total. The lowest BCUT2D eigenvalue weighted by molar-refractivity contribution is 0.339. The van der Waals surface area contributed by atoms with Crippen molar-refractivity contribution in [3.8, 4) is 0 Å². The van der Waals surface area contributed by atoms with Gasteiger partial charge in [-0.3, -0.25) is 0 Å². The van der Waals surface area contributed by atoms with E-state index in [0.717, 1.165) is 23.9 Å². The highest BCUT2D eigenvalue weighted by molar-refractivity contribution is 9.10. The Kier molecular flexibility index (Phi) is 4.14. The summed E-state index contributed by atoms with van der Waals surface area (Å²) in [6.45, 7) is 5.30. The van der Waals surface area contributed by atoms with Gasteiger partial charge in [-0.2, -0.15) is 0 Å². The normalized spacial score (nSPS) is 11.7. The molecule has 1 nitrogen and oxygen atoms in total. The molecular formula is C12H18BrN. The number of hydrogen-bond donors (Lipinski definition) is 1. The lowest BCUT2D eigenvalue weighted by Crippen LogP contribution is -2.19. The van der Waals surface area contributed by atoms with Crippen molar-refractivity contribution < 1.29 is 0 Å². The van der Waals surface area contributed by atoms with Gasteiger partial charge in [0.1, 0.15) is 0 Å². The quantitative estimate of drug-likeness (QED) is 0.878. The number of rotatable bonds is 4. The maximum atomic E-state index is 5.58. The van der Waals surface area contributed by atoms with Gasteiger partial charge in [0, 0.05) is 4.47 Å². The third-order valence-electron chi connectivity index (χ3n) is 2.42. The minimum absolute atomic E-state index is 0.308. The number of halogens is 1. The Balaban J connectivity index is 2.64. The van der Waals surface area contributed by atoms with Crippen LogP contribution in [0.25, 0.3) is 0 Å². The molecule has 14 heavy (non-hydrogen) atoms. The summed E-state index contributed by atoms with van der Waals surface area (Å²) in [5.41, 5.74) is 7.27. The van der Waals surface area contributed by atoms with Crippen molar-refractivity contribution in [2.45, 2.75) is 26.7 Å². The summed E-state index contributed by atoms with van der Waals surface area (Å²) in [5.74, 6) is 0. The van der Waals surface area contributed by atoms with Gasteiger partial charge in [0.05, 0.1) is 0 Å². The number of benzene rings is 1. The zero-order valence-electron chi connectivity index (χ0n) is 8.89. The second-order valence-corrected chi connectivity index (χ2v) is 5.42. The van der Waals surface area contributed by atoms with Crippen LogP contribution in [0.2, 0.25) is 0 Å². The monoisotopic (exact) mass is 255 g/mol. The van der Waals surface area contributed by atoms with Crippen LogP contribution in [-0.4, -0.2) is 6.54 Å². The van der Waals surface area contributed by atoms with Crippen molar-refractivity contribution >= 4 is 15.9 Å². The van der Waals surface area contributed by atoms with Gasteiger partial charge in [0.25, 0.3) is 0 Å². The SMILES string of the molecule is CC(C)(CCN)Cc1ccc(Br)cc1. The van der Waals surface area contributed by atoms with E-state index in [1.165, 1.54) is 5.56 Å². The first kappa shape index (κ1) is 11.7. The van der Waals surface area contributed by atoms with E-state index in [1.54, 1.807) is 0 Å². The molecule has 0 aliphatic heterocycles. The average molecular weight is 256 g/mol. The highest BCUT2D eigenvalue weighted by Gasteiger charge is 2.16. The molecule has 0 fully saturated rings. The molecule has 0 bridgehead atoms. The van der Waals surface area contributed by atoms with Crippen molar-refractivity contribution in [1.29, 1.82) is 0 Å². The number of hydrogen-bond acceptors (Lipinski definition) is 1. The summed E-state index contributed by atoms with van der Waals surface area (Å²) in [5, 5.41) is 0. The summed E-state index contributed by atoms with van der Waals surface area (Å²) in [7, 11) is 0. The molecule has 0 radical (unpaired) electrons. The first-order chi connectivity index (χ1) is 6.53. The fourth-order valence-electron chi connectivity index (χ4n) is 1.63. The van der Waals surface area contributed by atoms with Crippen LogP contribution in [0.15, 0.2) is 28.7 Å². The molecule has 1 aromatic carbocycles. The van der Waals surface area contributed by atoms with E-state index in [0.29, 0.717) is 5.41 Å². The molecule has 0 saturated heterocycles. The fourth-order valence-corrected chi connectivity index (χ4v) is 1.90. The first-order valence-electron chi connectivity index (χ1n) is 4.98. The Morgan fingerprint density at radius 1 is 1.21 bits per heavy atom. The second-order valence-electron chi connectivity index (χ2n) is 4.51. The third kappa shape index (κ3) is 3.81. The summed E-state index contributed by atoms with van der Waals surface area (Å²) in [6.07, 6.45) is 2.17. The highest BCUT2D eigenvalue weighted by Crippen LogP contribution is 2.25. The zero-order valence-corrected chi connectivity index (χ0v) is 10.5. The maximum Gasteiger partial charge on any atom is 0.0175 e. The molecule has 0 aliphatic rings. The smallest absolute Gasteiger partial charge is 0.0175 e. The standard InChI is InChI=1S/C12H18BrN/c1-12(2,7-8-14)9-10-3-5-11(13)6-4-10/h3-6H,7-9,14H2,1-2H3. The van der Waals surface area contributed by atoms with Gasteiger partial charge in [-0.1, -0.05) is 41.9 Å². The van der Waals surface area contributed by atoms with Gasteiger partial charge >= 0.3 is 0 Å². The molecule has 0 saturated carbocycles. The molecule has 0 amide bonds. The van der Waals surface area contributed by atoms with Crippen LogP contribution in [0.5, 0.6) is 0 Å². The summed E-state index contributed by atoms with van der Waals surface area (Å²) < 4.78 is 1.14. The van der Waals surface area contributed by atoms with Gasteiger partial charge in [0.15, 0.2) is 0 Å². The zero-order chi connectivity index (χ0) is 10.6. The Morgan fingerprint density at radius 2 is 1.79 bits per heavy atom. The summed E-state index contributed by atoms with van der Waals surface area (Å²) >= 11 is 3.44. The van der Waals surface area contributed by atoms with E-state index >= 15 is 0 Å². The third-order valence-corrected chi connectivity index (χ3v) is 2.95. The lowest BCUT2D eigenvalue weighted by Gasteiger charge is -2.23. The molecule has 0 heterocycles. The second kappa shape index (κ2) is 4.94. The van der Waals surface area contributed by atoms with E-state index in [9.17, 15) is 0 Å². The van der Waals surface area contributed by atoms with Crippen LogP contribution >= 0.6 is 15.9 Å². The molecule has 0 aliphatic carbocycles. The molecule has 0 atom stereocenters. The minimum Gasteiger partial charge on any atom is -0.330 e. The van der Waals surface area contributed by atoms with Crippen molar-refractivity contribution in [2.75, 3.05) is 6.54 Å². The van der Waals surface area contributed by atoms with Crippen LogP contribution < -0.4 is 5.73 Å². The van der Waals surface area contributed by atoms with Crippen LogP contribution in [0.1, 0.15) is 25.8 Å². The Labute approximate surface area is 94.8 Å². The van der Waals surface area contributed by atoms with Crippen LogP contribution in [0.3, 0.4) is 0 Å². The summed E-state index contributed by atoms with van der Waals surface area (Å²) in [4.78, 5) is 0. The molecule has 0 spiro atoms. The van der Waals surface area contributed by atoms with Crippen molar-refractivity contribution in [1.82, 2.24) is 0 Å². The average Bonchev–Trinajstić information content (AvgIpc) is 2.08. The van der Waals surface area contributed by atoms with Gasteiger partial charge < -0.3 is 5.73 Å². The van der Waals surface area contributed by atoms with Crippen molar-refractivity contribution in [3.63, 3.8) is 0 Å². The Morgan fingerprint density at radius 3 is 2.29 bits per heavy atom. The van der Waals surface area contributed by atoms with Gasteiger partial charge in [0.2, 0.25) is 0 Å². The maximum absolute atomic E-state index is 5.58. The van der Waals surface area contributed by atoms with E-state index < -0.39 is 0 Å². The number of nitrogens with two attached hydrogens (primary N) is 1. The topological polar surface area (TPSA) is 26.0 Å². The highest BCUT2D eigenvalue weighted by atomic mass is 79.9. The minimum atomic E-state index is 0.308. The predicted molar refractivity (Wildman–Crippen MR) is 65.3 cm³/mol. The van der Waals surface area contributed by atoms with E-state index in [1.807, 2.05) is 0 Å². The molecular weight excluding hydrogens is 238 g/mol. The van der Waals surface area contributed by atoms with Gasteiger partial charge in [-0.25, -0.2) is 0 Å². The van der Waals surface area contributed by atoms with Gasteiger partial charge in [-0.15, -0.1) is 0 Å². The Hall–Kier alpha value is -0.340. The van der Waals surface area contributed by atoms with E-state index in [2.05, 4.69) is 54.0 Å². The first-order valence-corrected chi connectivity index (χ1v) is 5.77. The lowest BCUT2D eigenvalue weighted by atomic mass is 9.83. The van der Waals surface area contributed by atoms with E-state index in [4.69, 9.17) is 5.73 Å². The van der Waals surface area contributed by atoms with Crippen molar-refractivity contribution in [3.05, 3.63) is 34.3 Å².